The van der Waals surface area contributed by atoms with Gasteiger partial charge in [-0.2, -0.15) is 0 Å². The van der Waals surface area contributed by atoms with Crippen LogP contribution in [0.4, 0.5) is 5.13 Å². The van der Waals surface area contributed by atoms with Crippen molar-refractivity contribution in [2.24, 2.45) is 0 Å². The van der Waals surface area contributed by atoms with E-state index in [1.165, 1.54) is 22.7 Å². The molecular weight excluding hydrogens is 360 g/mol. The second-order valence-electron chi connectivity index (χ2n) is 4.75. The van der Waals surface area contributed by atoms with Crippen LogP contribution in [0.1, 0.15) is 10.5 Å². The maximum atomic E-state index is 12.3. The lowest BCUT2D eigenvalue weighted by molar-refractivity contribution is 0.102. The van der Waals surface area contributed by atoms with Crippen LogP contribution < -0.4 is 5.32 Å². The van der Waals surface area contributed by atoms with Crippen LogP contribution in [0.25, 0.3) is 21.1 Å². The molecule has 0 radical (unpaired) electrons. The number of carbonyl (C=O) groups excluding carboxylic acids is 1. The van der Waals surface area contributed by atoms with Crippen molar-refractivity contribution >= 4 is 45.0 Å². The SMILES string of the molecule is O=C(Nc1nc(-c2cccnc2)cs1)c1csc(-c2cccs2)n1. The van der Waals surface area contributed by atoms with Gasteiger partial charge in [-0.1, -0.05) is 6.07 Å². The van der Waals surface area contributed by atoms with Crippen molar-refractivity contribution in [3.63, 3.8) is 0 Å². The minimum absolute atomic E-state index is 0.249. The number of nitrogens with zero attached hydrogens (tertiary/aromatic N) is 3. The van der Waals surface area contributed by atoms with Gasteiger partial charge in [0.1, 0.15) is 10.7 Å². The van der Waals surface area contributed by atoms with Gasteiger partial charge in [0.15, 0.2) is 5.13 Å². The molecule has 0 aliphatic rings. The number of nitrogens with one attached hydrogen (secondary N) is 1. The van der Waals surface area contributed by atoms with Crippen LogP contribution in [-0.2, 0) is 0 Å². The van der Waals surface area contributed by atoms with E-state index >= 15 is 0 Å². The largest absolute Gasteiger partial charge is 0.296 e. The molecule has 0 aliphatic heterocycles. The van der Waals surface area contributed by atoms with E-state index in [-0.39, 0.29) is 5.91 Å². The third-order valence-corrected chi connectivity index (χ3v) is 5.79. The van der Waals surface area contributed by atoms with Gasteiger partial charge in [-0.15, -0.1) is 34.0 Å². The number of anilines is 1. The fourth-order valence-corrected chi connectivity index (χ4v) is 4.36. The van der Waals surface area contributed by atoms with Gasteiger partial charge < -0.3 is 0 Å². The molecule has 0 saturated carbocycles. The normalized spacial score (nSPS) is 10.7. The third kappa shape index (κ3) is 3.12. The van der Waals surface area contributed by atoms with Crippen LogP contribution >= 0.6 is 34.0 Å². The first-order chi connectivity index (χ1) is 11.8. The summed E-state index contributed by atoms with van der Waals surface area (Å²) in [5.41, 5.74) is 2.12. The molecule has 24 heavy (non-hydrogen) atoms. The van der Waals surface area contributed by atoms with E-state index in [1.54, 1.807) is 29.1 Å². The quantitative estimate of drug-likeness (QED) is 0.568. The average molecular weight is 370 g/mol. The predicted octanol–water partition coefficient (Wildman–Crippen LogP) is 4.64. The van der Waals surface area contributed by atoms with Crippen molar-refractivity contribution in [1.29, 1.82) is 0 Å². The van der Waals surface area contributed by atoms with E-state index in [0.717, 1.165) is 21.1 Å². The number of hydrogen-bond acceptors (Lipinski definition) is 7. The molecule has 4 aromatic heterocycles. The second kappa shape index (κ2) is 6.60. The Hall–Kier alpha value is -2.42. The summed E-state index contributed by atoms with van der Waals surface area (Å²) < 4.78 is 0. The smallest absolute Gasteiger partial charge is 0.276 e. The molecule has 0 bridgehead atoms. The van der Waals surface area contributed by atoms with Crippen LogP contribution in [-0.4, -0.2) is 20.9 Å². The number of thiophene rings is 1. The van der Waals surface area contributed by atoms with Gasteiger partial charge in [0.25, 0.3) is 5.91 Å². The first-order valence-corrected chi connectivity index (χ1v) is 9.60. The number of carbonyl (C=O) groups is 1. The first kappa shape index (κ1) is 15.1. The molecule has 0 atom stereocenters. The number of thiazole rings is 2. The van der Waals surface area contributed by atoms with Crippen LogP contribution in [0, 0.1) is 0 Å². The summed E-state index contributed by atoms with van der Waals surface area (Å²) in [4.78, 5) is 26.3. The van der Waals surface area contributed by atoms with Gasteiger partial charge in [0.05, 0.1) is 10.6 Å². The van der Waals surface area contributed by atoms with E-state index in [9.17, 15) is 4.79 Å². The Kier molecular flexibility index (Phi) is 4.16. The lowest BCUT2D eigenvalue weighted by Crippen LogP contribution is -2.12. The molecule has 0 aromatic carbocycles. The van der Waals surface area contributed by atoms with Crippen LogP contribution in [0.2, 0.25) is 0 Å². The van der Waals surface area contributed by atoms with Crippen molar-refractivity contribution < 1.29 is 4.79 Å². The lowest BCUT2D eigenvalue weighted by atomic mass is 10.2. The highest BCUT2D eigenvalue weighted by atomic mass is 32.1. The molecule has 1 amide bonds. The molecule has 4 rings (SSSR count). The molecule has 0 spiro atoms. The van der Waals surface area contributed by atoms with Gasteiger partial charge in [-0.05, 0) is 23.6 Å². The van der Waals surface area contributed by atoms with E-state index in [2.05, 4.69) is 20.3 Å². The third-order valence-electron chi connectivity index (χ3n) is 3.15. The standard InChI is InChI=1S/C16H10N4OS3/c21-14(12-9-23-15(18-12)13-4-2-6-22-13)20-16-19-11(8-24-16)10-3-1-5-17-7-10/h1-9H,(H,19,20,21). The monoisotopic (exact) mass is 370 g/mol. The zero-order chi connectivity index (χ0) is 16.4. The molecule has 5 nitrogen and oxygen atoms in total. The van der Waals surface area contributed by atoms with Gasteiger partial charge >= 0.3 is 0 Å². The minimum Gasteiger partial charge on any atom is -0.296 e. The number of amides is 1. The summed E-state index contributed by atoms with van der Waals surface area (Å²) in [6.07, 6.45) is 3.46. The first-order valence-electron chi connectivity index (χ1n) is 6.96. The van der Waals surface area contributed by atoms with E-state index in [4.69, 9.17) is 0 Å². The molecule has 118 valence electrons. The Bertz CT molecular complexity index is 960. The number of hydrogen-bond donors (Lipinski definition) is 1. The van der Waals surface area contributed by atoms with Crippen LogP contribution in [0.5, 0.6) is 0 Å². The molecule has 4 aromatic rings. The molecule has 4 heterocycles. The molecule has 0 saturated heterocycles. The Morgan fingerprint density at radius 2 is 2.00 bits per heavy atom. The Morgan fingerprint density at radius 1 is 1.04 bits per heavy atom. The maximum absolute atomic E-state index is 12.3. The van der Waals surface area contributed by atoms with Crippen LogP contribution in [0.15, 0.2) is 52.8 Å². The van der Waals surface area contributed by atoms with Crippen LogP contribution in [0.3, 0.4) is 0 Å². The fourth-order valence-electron chi connectivity index (χ4n) is 2.03. The van der Waals surface area contributed by atoms with E-state index < -0.39 is 0 Å². The number of aromatic nitrogens is 3. The topological polar surface area (TPSA) is 67.8 Å². The summed E-state index contributed by atoms with van der Waals surface area (Å²) in [7, 11) is 0. The minimum atomic E-state index is -0.249. The predicted molar refractivity (Wildman–Crippen MR) is 98.7 cm³/mol. The fraction of sp³-hybridized carbons (Fsp3) is 0. The molecule has 1 N–H and O–H groups in total. The second-order valence-corrected chi connectivity index (χ2v) is 7.41. The van der Waals surface area contributed by atoms with Crippen molar-refractivity contribution in [3.05, 3.63) is 58.5 Å². The summed E-state index contributed by atoms with van der Waals surface area (Å²) in [5.74, 6) is -0.249. The molecule has 0 unspecified atom stereocenters. The number of rotatable bonds is 4. The highest BCUT2D eigenvalue weighted by molar-refractivity contribution is 7.20. The summed E-state index contributed by atoms with van der Waals surface area (Å²) in [5, 5.41) is 9.85. The van der Waals surface area contributed by atoms with E-state index in [0.29, 0.717) is 10.8 Å². The summed E-state index contributed by atoms with van der Waals surface area (Å²) >= 11 is 4.45. The van der Waals surface area contributed by atoms with Gasteiger partial charge in [0, 0.05) is 28.7 Å². The number of pyridine rings is 1. The highest BCUT2D eigenvalue weighted by Crippen LogP contribution is 2.28. The van der Waals surface area contributed by atoms with Gasteiger partial charge in [-0.25, -0.2) is 9.97 Å². The van der Waals surface area contributed by atoms with Gasteiger partial charge in [-0.3, -0.25) is 15.1 Å². The highest BCUT2D eigenvalue weighted by Gasteiger charge is 2.14. The molecule has 8 heteroatoms. The van der Waals surface area contributed by atoms with Gasteiger partial charge in [0.2, 0.25) is 0 Å². The Labute approximate surface area is 149 Å². The Balaban J connectivity index is 1.50. The maximum Gasteiger partial charge on any atom is 0.276 e. The molecule has 0 fully saturated rings. The molecular formula is C16H10N4OS3. The van der Waals surface area contributed by atoms with Crippen molar-refractivity contribution in [1.82, 2.24) is 15.0 Å². The zero-order valence-electron chi connectivity index (χ0n) is 12.2. The van der Waals surface area contributed by atoms with Crippen molar-refractivity contribution in [2.45, 2.75) is 0 Å². The zero-order valence-corrected chi connectivity index (χ0v) is 14.6. The summed E-state index contributed by atoms with van der Waals surface area (Å²) in [6.45, 7) is 0. The average Bonchev–Trinajstić information content (AvgIpc) is 3.36. The van der Waals surface area contributed by atoms with E-state index in [1.807, 2.05) is 35.0 Å². The lowest BCUT2D eigenvalue weighted by Gasteiger charge is -1.98. The Morgan fingerprint density at radius 3 is 2.79 bits per heavy atom. The molecule has 0 aliphatic carbocycles. The summed E-state index contributed by atoms with van der Waals surface area (Å²) in [6, 6.07) is 7.75. The van der Waals surface area contributed by atoms with Crippen molar-refractivity contribution in [3.8, 4) is 21.1 Å². The van der Waals surface area contributed by atoms with Crippen molar-refractivity contribution in [2.75, 3.05) is 5.32 Å².